The topological polar surface area (TPSA) is 136 Å². The van der Waals surface area contributed by atoms with Crippen molar-refractivity contribution in [3.8, 4) is 5.75 Å². The number of hydrogen-bond donors (Lipinski definition) is 2. The van der Waals surface area contributed by atoms with Crippen molar-refractivity contribution in [3.63, 3.8) is 0 Å². The quantitative estimate of drug-likeness (QED) is 0.335. The van der Waals surface area contributed by atoms with Crippen LogP contribution in [-0.2, 0) is 14.6 Å². The SMILES string of the molecule is O=[N+]([O-])c1ccc(OP(=O)(O)CNS(=O)(=O)c2scc3ccccc23)cc1. The molecule has 0 fully saturated rings. The summed E-state index contributed by atoms with van der Waals surface area (Å²) in [5, 5.41) is 13.5. The largest absolute Gasteiger partial charge is 0.424 e. The molecule has 0 aliphatic rings. The molecule has 3 rings (SSSR count). The van der Waals surface area contributed by atoms with Gasteiger partial charge in [0.05, 0.1) is 4.92 Å². The summed E-state index contributed by atoms with van der Waals surface area (Å²) in [5.74, 6) is -0.0906. The van der Waals surface area contributed by atoms with E-state index >= 15 is 0 Å². The maximum absolute atomic E-state index is 12.5. The average Bonchev–Trinajstić information content (AvgIpc) is 3.05. The van der Waals surface area contributed by atoms with E-state index in [1.165, 1.54) is 0 Å². The van der Waals surface area contributed by atoms with Crippen molar-refractivity contribution in [2.75, 3.05) is 6.29 Å². The van der Waals surface area contributed by atoms with Gasteiger partial charge in [0.1, 0.15) is 16.2 Å². The number of non-ortho nitro benzene ring substituents is 1. The Balaban J connectivity index is 1.72. The molecule has 1 aromatic heterocycles. The third-order valence-corrected chi connectivity index (χ3v) is 7.72. The summed E-state index contributed by atoms with van der Waals surface area (Å²) in [7, 11) is -8.39. The minimum atomic E-state index is -4.37. The molecule has 0 saturated carbocycles. The van der Waals surface area contributed by atoms with Gasteiger partial charge in [-0.05, 0) is 22.9 Å². The van der Waals surface area contributed by atoms with Crippen molar-refractivity contribution in [1.29, 1.82) is 0 Å². The lowest BCUT2D eigenvalue weighted by Crippen LogP contribution is -2.25. The average molecular weight is 428 g/mol. The van der Waals surface area contributed by atoms with Crippen LogP contribution in [0.4, 0.5) is 5.69 Å². The first-order chi connectivity index (χ1) is 12.7. The summed E-state index contributed by atoms with van der Waals surface area (Å²) in [6.07, 6.45) is -0.849. The van der Waals surface area contributed by atoms with E-state index in [2.05, 4.69) is 4.72 Å². The van der Waals surface area contributed by atoms with Gasteiger partial charge in [0, 0.05) is 17.5 Å². The number of nitrogens with one attached hydrogen (secondary N) is 1. The zero-order valence-corrected chi connectivity index (χ0v) is 16.0. The summed E-state index contributed by atoms with van der Waals surface area (Å²) in [6.45, 7) is 0. The molecular weight excluding hydrogens is 415 g/mol. The second-order valence-electron chi connectivity index (χ2n) is 5.40. The second-order valence-corrected chi connectivity index (χ2v) is 10.0. The Morgan fingerprint density at radius 1 is 1.19 bits per heavy atom. The summed E-state index contributed by atoms with van der Waals surface area (Å²) < 4.78 is 44.1. The van der Waals surface area contributed by atoms with E-state index in [9.17, 15) is 28.0 Å². The molecule has 1 heterocycles. The molecule has 0 radical (unpaired) electrons. The van der Waals surface area contributed by atoms with Crippen LogP contribution in [0.5, 0.6) is 5.75 Å². The molecule has 1 unspecified atom stereocenters. The molecule has 0 aliphatic heterocycles. The Kier molecular flexibility index (Phi) is 5.31. The minimum Gasteiger partial charge on any atom is -0.424 e. The zero-order valence-electron chi connectivity index (χ0n) is 13.5. The number of benzene rings is 2. The Labute approximate surface area is 158 Å². The molecule has 3 aromatic rings. The fourth-order valence-corrected chi connectivity index (χ4v) is 6.27. The van der Waals surface area contributed by atoms with Gasteiger partial charge in [0.15, 0.2) is 0 Å². The Morgan fingerprint density at radius 2 is 1.85 bits per heavy atom. The van der Waals surface area contributed by atoms with Gasteiger partial charge in [-0.15, -0.1) is 11.3 Å². The molecule has 0 spiro atoms. The van der Waals surface area contributed by atoms with E-state index in [-0.39, 0.29) is 15.6 Å². The van der Waals surface area contributed by atoms with Gasteiger partial charge in [-0.2, -0.15) is 4.72 Å². The van der Waals surface area contributed by atoms with Crippen molar-refractivity contribution >= 4 is 45.4 Å². The van der Waals surface area contributed by atoms with Crippen LogP contribution in [-0.4, -0.2) is 24.5 Å². The lowest BCUT2D eigenvalue weighted by molar-refractivity contribution is -0.384. The van der Waals surface area contributed by atoms with Crippen molar-refractivity contribution in [3.05, 3.63) is 64.0 Å². The predicted octanol–water partition coefficient (Wildman–Crippen LogP) is 3.31. The number of sulfonamides is 1. The van der Waals surface area contributed by atoms with Crippen molar-refractivity contribution in [1.82, 2.24) is 4.72 Å². The Morgan fingerprint density at radius 3 is 2.52 bits per heavy atom. The monoisotopic (exact) mass is 428 g/mol. The van der Waals surface area contributed by atoms with Gasteiger partial charge in [0.25, 0.3) is 15.7 Å². The Bertz CT molecular complexity index is 1140. The predicted molar refractivity (Wildman–Crippen MR) is 101 cm³/mol. The maximum atomic E-state index is 12.5. The van der Waals surface area contributed by atoms with Gasteiger partial charge in [-0.25, -0.2) is 13.0 Å². The highest BCUT2D eigenvalue weighted by atomic mass is 32.2. The number of rotatable bonds is 7. The van der Waals surface area contributed by atoms with E-state index in [1.807, 2.05) is 0 Å². The lowest BCUT2D eigenvalue weighted by Gasteiger charge is -2.14. The molecule has 0 aliphatic carbocycles. The third kappa shape index (κ3) is 4.52. The van der Waals surface area contributed by atoms with Crippen LogP contribution in [0, 0.1) is 10.1 Å². The van der Waals surface area contributed by atoms with Crippen molar-refractivity contribution in [2.45, 2.75) is 4.21 Å². The van der Waals surface area contributed by atoms with E-state index < -0.39 is 28.8 Å². The fourth-order valence-electron chi connectivity index (χ4n) is 2.23. The first kappa shape index (κ1) is 19.5. The Hall–Kier alpha value is -2.30. The van der Waals surface area contributed by atoms with Crippen LogP contribution in [0.3, 0.4) is 0 Å². The highest BCUT2D eigenvalue weighted by molar-refractivity contribution is 7.92. The number of fused-ring (bicyclic) bond motifs is 1. The molecule has 2 N–H and O–H groups in total. The van der Waals surface area contributed by atoms with E-state index in [0.29, 0.717) is 5.39 Å². The molecule has 0 bridgehead atoms. The number of nitro groups is 1. The number of hydrogen-bond acceptors (Lipinski definition) is 7. The number of nitro benzene ring substituents is 1. The van der Waals surface area contributed by atoms with Crippen LogP contribution >= 0.6 is 18.9 Å². The summed E-state index contributed by atoms with van der Waals surface area (Å²) in [6, 6.07) is 11.4. The van der Waals surface area contributed by atoms with Crippen LogP contribution < -0.4 is 9.25 Å². The minimum absolute atomic E-state index is 0.0356. The van der Waals surface area contributed by atoms with E-state index in [1.54, 1.807) is 29.6 Å². The van der Waals surface area contributed by atoms with Gasteiger partial charge in [0.2, 0.25) is 0 Å². The zero-order chi connectivity index (χ0) is 19.7. The van der Waals surface area contributed by atoms with Crippen molar-refractivity contribution < 1.29 is 27.3 Å². The first-order valence-electron chi connectivity index (χ1n) is 7.40. The summed E-state index contributed by atoms with van der Waals surface area (Å²) in [5.41, 5.74) is -0.208. The van der Waals surface area contributed by atoms with E-state index in [0.717, 1.165) is 41.0 Å². The molecule has 0 amide bonds. The highest BCUT2D eigenvalue weighted by Gasteiger charge is 2.27. The van der Waals surface area contributed by atoms with Crippen LogP contribution in [0.1, 0.15) is 0 Å². The maximum Gasteiger partial charge on any atom is 0.391 e. The highest BCUT2D eigenvalue weighted by Crippen LogP contribution is 2.42. The smallest absolute Gasteiger partial charge is 0.391 e. The molecule has 142 valence electrons. The third-order valence-electron chi connectivity index (χ3n) is 3.47. The van der Waals surface area contributed by atoms with Gasteiger partial charge < -0.3 is 9.42 Å². The summed E-state index contributed by atoms with van der Waals surface area (Å²) >= 11 is 1.00. The molecule has 9 nitrogen and oxygen atoms in total. The first-order valence-corrected chi connectivity index (χ1v) is 11.5. The van der Waals surface area contributed by atoms with Crippen LogP contribution in [0.15, 0.2) is 58.1 Å². The normalized spacial score (nSPS) is 14.0. The number of nitrogens with zero attached hydrogens (tertiary/aromatic N) is 1. The van der Waals surface area contributed by atoms with Crippen molar-refractivity contribution in [2.24, 2.45) is 0 Å². The molecule has 2 aromatic carbocycles. The van der Waals surface area contributed by atoms with Crippen LogP contribution in [0.2, 0.25) is 0 Å². The summed E-state index contributed by atoms with van der Waals surface area (Å²) in [4.78, 5) is 19.9. The standard InChI is InChI=1S/C15H13N2O7PS2/c18-17(19)12-5-7-13(8-6-12)24-25(20,21)10-16-27(22,23)15-14-4-2-1-3-11(14)9-26-15/h1-9,16H,10H2,(H,20,21). The molecule has 1 atom stereocenters. The lowest BCUT2D eigenvalue weighted by atomic mass is 10.2. The van der Waals surface area contributed by atoms with Gasteiger partial charge >= 0.3 is 7.60 Å². The molecule has 0 saturated heterocycles. The van der Waals surface area contributed by atoms with E-state index in [4.69, 9.17) is 4.52 Å². The van der Waals surface area contributed by atoms with Gasteiger partial charge in [-0.1, -0.05) is 24.3 Å². The van der Waals surface area contributed by atoms with Crippen LogP contribution in [0.25, 0.3) is 10.8 Å². The molecular formula is C15H13N2O7PS2. The fraction of sp³-hybridized carbons (Fsp3) is 0.0667. The molecule has 12 heteroatoms. The molecule has 27 heavy (non-hydrogen) atoms. The van der Waals surface area contributed by atoms with Gasteiger partial charge in [-0.3, -0.25) is 10.1 Å². The number of thiophene rings is 1. The second kappa shape index (κ2) is 7.37.